The van der Waals surface area contributed by atoms with Gasteiger partial charge in [-0.05, 0) is 37.2 Å². The Morgan fingerprint density at radius 3 is 2.67 bits per heavy atom. The van der Waals surface area contributed by atoms with Crippen LogP contribution in [0.2, 0.25) is 0 Å². The molecule has 7 nitrogen and oxygen atoms in total. The van der Waals surface area contributed by atoms with Crippen LogP contribution in [0.15, 0.2) is 41.4 Å². The summed E-state index contributed by atoms with van der Waals surface area (Å²) < 4.78 is 96.2. The number of hydrogen-bond acceptors (Lipinski definition) is 6. The summed E-state index contributed by atoms with van der Waals surface area (Å²) in [6, 6.07) is 5.59. The molecule has 0 spiro atoms. The first kappa shape index (κ1) is 24.8. The summed E-state index contributed by atoms with van der Waals surface area (Å²) in [7, 11) is -3.61. The highest BCUT2D eigenvalue weighted by Gasteiger charge is 2.42. The lowest BCUT2D eigenvalue weighted by molar-refractivity contribution is -0.137. The number of ether oxygens (including phenoxy) is 1. The van der Waals surface area contributed by atoms with Crippen LogP contribution in [0.5, 0.6) is 5.88 Å². The van der Waals surface area contributed by atoms with Gasteiger partial charge in [0.2, 0.25) is 5.88 Å². The molecule has 1 aromatic heterocycles. The number of nitrogens with one attached hydrogen (secondary N) is 2. The fourth-order valence-corrected chi connectivity index (χ4v) is 3.83. The van der Waals surface area contributed by atoms with E-state index in [1.54, 1.807) is 0 Å². The molecule has 0 saturated carbocycles. The van der Waals surface area contributed by atoms with Crippen molar-refractivity contribution in [3.05, 3.63) is 47.7 Å². The molecule has 1 unspecified atom stereocenters. The first-order chi connectivity index (χ1) is 15.3. The van der Waals surface area contributed by atoms with E-state index >= 15 is 0 Å². The third kappa shape index (κ3) is 6.16. The van der Waals surface area contributed by atoms with Crippen molar-refractivity contribution in [2.75, 3.05) is 31.3 Å². The number of carbonyl (C=O) groups is 1. The Morgan fingerprint density at radius 2 is 2.03 bits per heavy atom. The molecule has 0 aliphatic carbocycles. The zero-order valence-corrected chi connectivity index (χ0v) is 18.1. The molecule has 0 bridgehead atoms. The second-order valence-electron chi connectivity index (χ2n) is 7.56. The molecule has 1 fully saturated rings. The first-order valence-electron chi connectivity index (χ1n) is 9.67. The number of alkyl halides is 5. The van der Waals surface area contributed by atoms with Crippen molar-refractivity contribution in [1.82, 2.24) is 10.3 Å². The van der Waals surface area contributed by atoms with Crippen molar-refractivity contribution in [2.24, 2.45) is 5.92 Å². The van der Waals surface area contributed by atoms with Gasteiger partial charge in [0.1, 0.15) is 5.56 Å². The van der Waals surface area contributed by atoms with E-state index < -0.39 is 63.9 Å². The summed E-state index contributed by atoms with van der Waals surface area (Å²) in [5.41, 5.74) is -1.87. The predicted molar refractivity (Wildman–Crippen MR) is 108 cm³/mol. The van der Waals surface area contributed by atoms with Gasteiger partial charge in [-0.25, -0.2) is 22.2 Å². The molecule has 33 heavy (non-hydrogen) atoms. The molecule has 13 heteroatoms. The fourth-order valence-electron chi connectivity index (χ4n) is 3.16. The minimum Gasteiger partial charge on any atom is -0.477 e. The molecule has 1 amide bonds. The smallest absolute Gasteiger partial charge is 0.417 e. The molecule has 3 rings (SSSR count). The molecular weight excluding hydrogens is 473 g/mol. The number of anilines is 1. The Morgan fingerprint density at radius 1 is 1.30 bits per heavy atom. The van der Waals surface area contributed by atoms with Crippen LogP contribution < -0.4 is 15.4 Å². The number of pyridine rings is 1. The van der Waals surface area contributed by atoms with Crippen molar-refractivity contribution in [3.63, 3.8) is 0 Å². The van der Waals surface area contributed by atoms with E-state index in [2.05, 4.69) is 15.6 Å². The van der Waals surface area contributed by atoms with Gasteiger partial charge in [0, 0.05) is 18.1 Å². The van der Waals surface area contributed by atoms with Crippen LogP contribution in [0.3, 0.4) is 0 Å². The van der Waals surface area contributed by atoms with E-state index in [4.69, 9.17) is 4.74 Å². The van der Waals surface area contributed by atoms with Crippen LogP contribution >= 0.6 is 0 Å². The van der Waals surface area contributed by atoms with Gasteiger partial charge in [-0.15, -0.1) is 0 Å². The van der Waals surface area contributed by atoms with E-state index in [1.165, 1.54) is 18.2 Å². The third-order valence-corrected chi connectivity index (χ3v) is 6.10. The number of carbonyl (C=O) groups excluding carboxylic acids is 1. The lowest BCUT2D eigenvalue weighted by Gasteiger charge is -2.31. The minimum absolute atomic E-state index is 0.00354. The monoisotopic (exact) mass is 493 g/mol. The average Bonchev–Trinajstić information content (AvgIpc) is 2.71. The fraction of sp³-hybridized carbons (Fsp3) is 0.400. The maximum Gasteiger partial charge on any atom is 0.417 e. The molecule has 1 aliphatic heterocycles. The normalized spacial score (nSPS) is 18.5. The Kier molecular flexibility index (Phi) is 6.93. The maximum atomic E-state index is 14.0. The van der Waals surface area contributed by atoms with Crippen LogP contribution in [-0.2, 0) is 16.0 Å². The molecule has 1 atom stereocenters. The predicted octanol–water partition coefficient (Wildman–Crippen LogP) is 3.38. The number of aromatic nitrogens is 1. The van der Waals surface area contributed by atoms with Crippen LogP contribution in [0.1, 0.15) is 22.3 Å². The minimum atomic E-state index is -4.82. The van der Waals surface area contributed by atoms with Crippen molar-refractivity contribution in [2.45, 2.75) is 23.4 Å². The Balaban J connectivity index is 1.89. The zero-order valence-electron chi connectivity index (χ0n) is 17.2. The highest BCUT2D eigenvalue weighted by atomic mass is 32.2. The number of hydrogen-bond donors (Lipinski definition) is 2. The van der Waals surface area contributed by atoms with Crippen molar-refractivity contribution < 1.29 is 39.9 Å². The third-order valence-electron chi connectivity index (χ3n) is 4.99. The second-order valence-corrected chi connectivity index (χ2v) is 9.58. The van der Waals surface area contributed by atoms with Gasteiger partial charge in [-0.2, -0.15) is 13.2 Å². The van der Waals surface area contributed by atoms with Crippen LogP contribution in [-0.4, -0.2) is 51.2 Å². The summed E-state index contributed by atoms with van der Waals surface area (Å²) in [4.78, 5) is 16.2. The summed E-state index contributed by atoms with van der Waals surface area (Å²) in [5, 5.41) is 4.84. The molecule has 2 N–H and O–H groups in total. The van der Waals surface area contributed by atoms with Gasteiger partial charge < -0.3 is 15.4 Å². The van der Waals surface area contributed by atoms with E-state index in [0.29, 0.717) is 18.8 Å². The molecule has 1 aliphatic rings. The highest BCUT2D eigenvalue weighted by Crippen LogP contribution is 2.33. The van der Waals surface area contributed by atoms with Crippen molar-refractivity contribution in [1.29, 1.82) is 0 Å². The standard InChI is InChI=1S/C20H20F5N3O4S/c1-33(30,31)15-4-2-3-14(8-15)28-17(29)16-7-13(20(23,24)25)9-27-18(16)32-10-12-5-6-26-11-19(12,21)22/h2-4,7-9,12,26H,5-6,10-11H2,1H3,(H,28,29). The van der Waals surface area contributed by atoms with Gasteiger partial charge in [0.25, 0.3) is 11.8 Å². The Labute approximate surface area is 186 Å². The Hall–Kier alpha value is -2.80. The van der Waals surface area contributed by atoms with Gasteiger partial charge in [-0.3, -0.25) is 4.79 Å². The van der Waals surface area contributed by atoms with Crippen LogP contribution in [0.4, 0.5) is 27.6 Å². The molecule has 0 radical (unpaired) electrons. The average molecular weight is 493 g/mol. The molecular formula is C20H20F5N3O4S. The van der Waals surface area contributed by atoms with Crippen molar-refractivity contribution in [3.8, 4) is 5.88 Å². The SMILES string of the molecule is CS(=O)(=O)c1cccc(NC(=O)c2cc(C(F)(F)F)cnc2OCC2CCNCC2(F)F)c1. The molecule has 1 aromatic carbocycles. The second kappa shape index (κ2) is 9.21. The number of nitrogens with zero attached hydrogens (tertiary/aromatic N) is 1. The maximum absolute atomic E-state index is 14.0. The largest absolute Gasteiger partial charge is 0.477 e. The van der Waals surface area contributed by atoms with Gasteiger partial charge in [0.15, 0.2) is 9.84 Å². The lowest BCUT2D eigenvalue weighted by atomic mass is 9.95. The summed E-state index contributed by atoms with van der Waals surface area (Å²) in [5.74, 6) is -5.94. The van der Waals surface area contributed by atoms with Gasteiger partial charge >= 0.3 is 6.18 Å². The Bertz CT molecular complexity index is 1140. The van der Waals surface area contributed by atoms with E-state index in [-0.39, 0.29) is 17.0 Å². The molecule has 1 saturated heterocycles. The summed E-state index contributed by atoms with van der Waals surface area (Å²) in [6.45, 7) is -0.809. The van der Waals surface area contributed by atoms with Crippen molar-refractivity contribution >= 4 is 21.4 Å². The number of halogens is 5. The van der Waals surface area contributed by atoms with E-state index in [1.807, 2.05) is 0 Å². The number of amides is 1. The number of benzene rings is 1. The van der Waals surface area contributed by atoms with Crippen LogP contribution in [0.25, 0.3) is 0 Å². The molecule has 2 aromatic rings. The van der Waals surface area contributed by atoms with Gasteiger partial charge in [0.05, 0.1) is 29.5 Å². The van der Waals surface area contributed by atoms with E-state index in [0.717, 1.165) is 12.3 Å². The summed E-state index contributed by atoms with van der Waals surface area (Å²) >= 11 is 0. The van der Waals surface area contributed by atoms with Crippen LogP contribution in [0, 0.1) is 5.92 Å². The first-order valence-corrected chi connectivity index (χ1v) is 11.6. The summed E-state index contributed by atoms with van der Waals surface area (Å²) in [6.07, 6.45) is -3.36. The van der Waals surface area contributed by atoms with Gasteiger partial charge in [-0.1, -0.05) is 6.07 Å². The quantitative estimate of drug-likeness (QED) is 0.599. The number of sulfone groups is 1. The molecule has 180 valence electrons. The molecule has 2 heterocycles. The zero-order chi connectivity index (χ0) is 24.4. The number of rotatable bonds is 6. The topological polar surface area (TPSA) is 97.4 Å². The lowest BCUT2D eigenvalue weighted by Crippen LogP contribution is -2.48. The van der Waals surface area contributed by atoms with E-state index in [9.17, 15) is 35.2 Å². The highest BCUT2D eigenvalue weighted by molar-refractivity contribution is 7.90. The number of piperidine rings is 1.